The summed E-state index contributed by atoms with van der Waals surface area (Å²) in [6.07, 6.45) is 6.41. The number of rotatable bonds is 6. The van der Waals surface area contributed by atoms with Gasteiger partial charge in [0.2, 0.25) is 10.0 Å². The van der Waals surface area contributed by atoms with Crippen molar-refractivity contribution in [3.05, 3.63) is 79.3 Å². The van der Waals surface area contributed by atoms with Crippen LogP contribution in [0.5, 0.6) is 0 Å². The number of aromatic nitrogens is 3. The molecule has 8 heteroatoms. The highest BCUT2D eigenvalue weighted by Crippen LogP contribution is 2.30. The Morgan fingerprint density at radius 2 is 1.61 bits per heavy atom. The second-order valence-electron chi connectivity index (χ2n) is 7.01. The Balaban J connectivity index is 1.75. The predicted octanol–water partition coefficient (Wildman–Crippen LogP) is 4.29. The van der Waals surface area contributed by atoms with Crippen molar-refractivity contribution in [3.63, 3.8) is 0 Å². The summed E-state index contributed by atoms with van der Waals surface area (Å²) in [5.41, 5.74) is 5.63. The maximum absolute atomic E-state index is 11.6. The first-order valence-corrected chi connectivity index (χ1v) is 11.5. The molecule has 1 aromatic carbocycles. The molecule has 0 atom stereocenters. The quantitative estimate of drug-likeness (QED) is 0.473. The van der Waals surface area contributed by atoms with E-state index in [1.54, 1.807) is 36.8 Å². The van der Waals surface area contributed by atoms with E-state index in [1.807, 2.05) is 49.5 Å². The number of nitrogens with zero attached hydrogens (tertiary/aromatic N) is 3. The lowest BCUT2D eigenvalue weighted by atomic mass is 10.0. The van der Waals surface area contributed by atoms with Gasteiger partial charge in [-0.15, -0.1) is 0 Å². The standard InChI is InChI=1S/C23H21N5O2S/c1-24-23-13-17(12-22(27-23)21-8-3-4-9-26-21)19-10-18(14-25-15-19)16-6-5-7-20(11-16)28-31(2,29)30/h3-15,28H,1-2H3,(H,24,27). The lowest BCUT2D eigenvalue weighted by Gasteiger charge is -2.11. The van der Waals surface area contributed by atoms with Crippen molar-refractivity contribution in [2.75, 3.05) is 23.3 Å². The summed E-state index contributed by atoms with van der Waals surface area (Å²) >= 11 is 0. The van der Waals surface area contributed by atoms with Crippen LogP contribution in [0.1, 0.15) is 0 Å². The van der Waals surface area contributed by atoms with Crippen molar-refractivity contribution in [2.24, 2.45) is 0 Å². The summed E-state index contributed by atoms with van der Waals surface area (Å²) in [4.78, 5) is 13.4. The molecule has 0 unspecified atom stereocenters. The number of anilines is 2. The predicted molar refractivity (Wildman–Crippen MR) is 124 cm³/mol. The molecule has 3 heterocycles. The molecule has 0 saturated heterocycles. The molecule has 31 heavy (non-hydrogen) atoms. The topological polar surface area (TPSA) is 96.9 Å². The van der Waals surface area contributed by atoms with Gasteiger partial charge in [0.15, 0.2) is 0 Å². The van der Waals surface area contributed by atoms with Crippen molar-refractivity contribution >= 4 is 21.5 Å². The fraction of sp³-hybridized carbons (Fsp3) is 0.0870. The lowest BCUT2D eigenvalue weighted by molar-refractivity contribution is 0.607. The third-order valence-corrected chi connectivity index (χ3v) is 5.19. The number of pyridine rings is 3. The highest BCUT2D eigenvalue weighted by Gasteiger charge is 2.10. The first-order valence-electron chi connectivity index (χ1n) is 9.56. The molecule has 0 radical (unpaired) electrons. The van der Waals surface area contributed by atoms with E-state index >= 15 is 0 Å². The fourth-order valence-electron chi connectivity index (χ4n) is 3.20. The zero-order valence-corrected chi connectivity index (χ0v) is 17.9. The van der Waals surface area contributed by atoms with E-state index in [0.717, 1.165) is 45.7 Å². The monoisotopic (exact) mass is 431 g/mol. The molecule has 0 spiro atoms. The van der Waals surface area contributed by atoms with Gasteiger partial charge in [0.05, 0.1) is 17.6 Å². The van der Waals surface area contributed by atoms with Crippen molar-refractivity contribution in [2.45, 2.75) is 0 Å². The molecule has 0 aliphatic heterocycles. The second-order valence-corrected chi connectivity index (χ2v) is 8.76. The van der Waals surface area contributed by atoms with Crippen LogP contribution in [0.25, 0.3) is 33.6 Å². The Morgan fingerprint density at radius 1 is 0.806 bits per heavy atom. The van der Waals surface area contributed by atoms with E-state index in [9.17, 15) is 8.42 Å². The SMILES string of the molecule is CNc1cc(-c2cncc(-c3cccc(NS(C)(=O)=O)c3)c2)cc(-c2ccccn2)n1. The number of nitrogens with one attached hydrogen (secondary N) is 2. The minimum atomic E-state index is -3.35. The molecule has 3 aromatic heterocycles. The number of hydrogen-bond acceptors (Lipinski definition) is 6. The van der Waals surface area contributed by atoms with Crippen LogP contribution in [0, 0.1) is 0 Å². The maximum atomic E-state index is 11.6. The minimum Gasteiger partial charge on any atom is -0.373 e. The molecule has 7 nitrogen and oxygen atoms in total. The smallest absolute Gasteiger partial charge is 0.229 e. The van der Waals surface area contributed by atoms with Gasteiger partial charge in [0.25, 0.3) is 0 Å². The maximum Gasteiger partial charge on any atom is 0.229 e. The summed E-state index contributed by atoms with van der Waals surface area (Å²) < 4.78 is 25.6. The van der Waals surface area contributed by atoms with E-state index in [0.29, 0.717) is 5.69 Å². The van der Waals surface area contributed by atoms with Gasteiger partial charge in [-0.25, -0.2) is 13.4 Å². The van der Waals surface area contributed by atoms with Crippen LogP contribution in [0.4, 0.5) is 11.5 Å². The molecule has 156 valence electrons. The van der Waals surface area contributed by atoms with Crippen LogP contribution >= 0.6 is 0 Å². The van der Waals surface area contributed by atoms with E-state index in [4.69, 9.17) is 0 Å². The summed E-state index contributed by atoms with van der Waals surface area (Å²) in [6.45, 7) is 0. The third-order valence-electron chi connectivity index (χ3n) is 4.58. The fourth-order valence-corrected chi connectivity index (χ4v) is 3.76. The molecule has 4 aromatic rings. The zero-order chi connectivity index (χ0) is 21.8. The summed E-state index contributed by atoms with van der Waals surface area (Å²) in [5, 5.41) is 3.10. The number of benzene rings is 1. The molecule has 0 bridgehead atoms. The molecular weight excluding hydrogens is 410 g/mol. The Bertz CT molecular complexity index is 1320. The largest absolute Gasteiger partial charge is 0.373 e. The zero-order valence-electron chi connectivity index (χ0n) is 17.1. The van der Waals surface area contributed by atoms with Gasteiger partial charge < -0.3 is 5.32 Å². The van der Waals surface area contributed by atoms with E-state index in [1.165, 1.54) is 0 Å². The third kappa shape index (κ3) is 5.04. The molecule has 0 aliphatic rings. The lowest BCUT2D eigenvalue weighted by Crippen LogP contribution is -2.09. The summed E-state index contributed by atoms with van der Waals surface area (Å²) in [5.74, 6) is 0.725. The highest BCUT2D eigenvalue weighted by atomic mass is 32.2. The van der Waals surface area contributed by atoms with Crippen molar-refractivity contribution in [1.82, 2.24) is 15.0 Å². The van der Waals surface area contributed by atoms with Gasteiger partial charge in [-0.2, -0.15) is 0 Å². The Morgan fingerprint density at radius 3 is 2.32 bits per heavy atom. The molecule has 4 rings (SSSR count). The molecule has 0 saturated carbocycles. The van der Waals surface area contributed by atoms with Crippen molar-refractivity contribution in [3.8, 4) is 33.6 Å². The highest BCUT2D eigenvalue weighted by molar-refractivity contribution is 7.92. The molecule has 2 N–H and O–H groups in total. The first kappa shape index (κ1) is 20.5. The van der Waals surface area contributed by atoms with Gasteiger partial charge >= 0.3 is 0 Å². The van der Waals surface area contributed by atoms with Crippen LogP contribution < -0.4 is 10.0 Å². The van der Waals surface area contributed by atoms with E-state index in [-0.39, 0.29) is 0 Å². The van der Waals surface area contributed by atoms with Gasteiger partial charge in [0.1, 0.15) is 5.82 Å². The van der Waals surface area contributed by atoms with Crippen molar-refractivity contribution < 1.29 is 8.42 Å². The molecule has 0 fully saturated rings. The Kier molecular flexibility index (Phi) is 5.64. The second kappa shape index (κ2) is 8.53. The van der Waals surface area contributed by atoms with Crippen LogP contribution in [0.2, 0.25) is 0 Å². The Hall–Kier alpha value is -3.78. The van der Waals surface area contributed by atoms with Crippen molar-refractivity contribution in [1.29, 1.82) is 0 Å². The van der Waals surface area contributed by atoms with Crippen LogP contribution in [-0.4, -0.2) is 36.7 Å². The molecular formula is C23H21N5O2S. The first-order chi connectivity index (χ1) is 14.9. The van der Waals surface area contributed by atoms with Gasteiger partial charge in [-0.1, -0.05) is 18.2 Å². The number of hydrogen-bond donors (Lipinski definition) is 2. The van der Waals surface area contributed by atoms with Crippen LogP contribution in [0.3, 0.4) is 0 Å². The summed E-state index contributed by atoms with van der Waals surface area (Å²) in [7, 11) is -1.53. The molecule has 0 amide bonds. The molecule has 0 aliphatic carbocycles. The van der Waals surface area contributed by atoms with Crippen LogP contribution in [-0.2, 0) is 10.0 Å². The van der Waals surface area contributed by atoms with Gasteiger partial charge in [0, 0.05) is 42.5 Å². The Labute approximate surface area is 181 Å². The normalized spacial score (nSPS) is 11.2. The average Bonchev–Trinajstić information content (AvgIpc) is 2.78. The van der Waals surface area contributed by atoms with Gasteiger partial charge in [-0.05, 0) is 53.6 Å². The minimum absolute atomic E-state index is 0.504. The van der Waals surface area contributed by atoms with E-state index < -0.39 is 10.0 Å². The number of sulfonamides is 1. The summed E-state index contributed by atoms with van der Waals surface area (Å²) in [6, 6.07) is 18.9. The average molecular weight is 432 g/mol. The van der Waals surface area contributed by atoms with E-state index in [2.05, 4.69) is 25.0 Å². The van der Waals surface area contributed by atoms with Gasteiger partial charge in [-0.3, -0.25) is 14.7 Å². The van der Waals surface area contributed by atoms with Crippen LogP contribution in [0.15, 0.2) is 79.3 Å².